The van der Waals surface area contributed by atoms with E-state index in [0.717, 1.165) is 11.1 Å². The quantitative estimate of drug-likeness (QED) is 0.492. The van der Waals surface area contributed by atoms with E-state index >= 15 is 0 Å². The number of ether oxygens (including phenoxy) is 2. The topological polar surface area (TPSA) is 30.5 Å². The second-order valence-electron chi connectivity index (χ2n) is 6.62. The molecule has 0 saturated carbocycles. The number of aryl methyl sites for hydroxylation is 1. The predicted molar refractivity (Wildman–Crippen MR) is 118 cm³/mol. The smallest absolute Gasteiger partial charge is 0.161 e. The fraction of sp³-hybridized carbons (Fsp3) is 0.208. The van der Waals surface area contributed by atoms with Gasteiger partial charge in [0.25, 0.3) is 0 Å². The average Bonchev–Trinajstić information content (AvgIpc) is 2.73. The Hall–Kier alpha value is -2.92. The number of hydrogen-bond donors (Lipinski definition) is 1. The zero-order valence-electron chi connectivity index (χ0n) is 16.6. The molecule has 3 nitrogen and oxygen atoms in total. The van der Waals surface area contributed by atoms with Gasteiger partial charge >= 0.3 is 0 Å². The first-order valence-electron chi connectivity index (χ1n) is 9.53. The van der Waals surface area contributed by atoms with Gasteiger partial charge < -0.3 is 14.8 Å². The van der Waals surface area contributed by atoms with Crippen molar-refractivity contribution >= 4 is 17.2 Å². The zero-order valence-corrected chi connectivity index (χ0v) is 17.4. The lowest BCUT2D eigenvalue weighted by Gasteiger charge is -2.15. The van der Waals surface area contributed by atoms with E-state index in [1.807, 2.05) is 37.3 Å². The summed E-state index contributed by atoms with van der Waals surface area (Å²) in [5.41, 5.74) is 4.18. The molecule has 1 N–H and O–H groups in total. The Bertz CT molecular complexity index is 973. The first-order chi connectivity index (χ1) is 14.1. The predicted octanol–water partition coefficient (Wildman–Crippen LogP) is 5.58. The highest BCUT2D eigenvalue weighted by molar-refractivity contribution is 7.80. The molecule has 0 aliphatic heterocycles. The molecular formula is C24H24FNO2S. The van der Waals surface area contributed by atoms with Crippen LogP contribution >= 0.6 is 12.2 Å². The highest BCUT2D eigenvalue weighted by Crippen LogP contribution is 2.29. The number of nitrogens with one attached hydrogen (secondary N) is 1. The van der Waals surface area contributed by atoms with Crippen molar-refractivity contribution in [3.05, 3.63) is 94.8 Å². The molecule has 0 atom stereocenters. The average molecular weight is 410 g/mol. The molecule has 0 spiro atoms. The summed E-state index contributed by atoms with van der Waals surface area (Å²) in [6.45, 7) is 5.51. The number of hydrogen-bond acceptors (Lipinski definition) is 3. The molecule has 0 amide bonds. The van der Waals surface area contributed by atoms with Crippen molar-refractivity contribution in [2.45, 2.75) is 27.0 Å². The maximum absolute atomic E-state index is 13.0. The fourth-order valence-corrected chi connectivity index (χ4v) is 3.06. The van der Waals surface area contributed by atoms with Crippen molar-refractivity contribution in [2.24, 2.45) is 0 Å². The van der Waals surface area contributed by atoms with Crippen molar-refractivity contribution in [1.82, 2.24) is 5.32 Å². The highest BCUT2D eigenvalue weighted by Gasteiger charge is 2.10. The summed E-state index contributed by atoms with van der Waals surface area (Å²) in [6.07, 6.45) is 0. The van der Waals surface area contributed by atoms with Gasteiger partial charge in [0.1, 0.15) is 17.4 Å². The van der Waals surface area contributed by atoms with Crippen LogP contribution in [0, 0.1) is 12.7 Å². The van der Waals surface area contributed by atoms with E-state index in [0.29, 0.717) is 36.2 Å². The van der Waals surface area contributed by atoms with Gasteiger partial charge in [-0.25, -0.2) is 4.39 Å². The maximum atomic E-state index is 13.0. The van der Waals surface area contributed by atoms with Gasteiger partial charge in [-0.3, -0.25) is 0 Å². The summed E-state index contributed by atoms with van der Waals surface area (Å²) in [6, 6.07) is 20.1. The minimum absolute atomic E-state index is 0.264. The van der Waals surface area contributed by atoms with Crippen LogP contribution in [0.4, 0.5) is 4.39 Å². The number of thiocarbonyl (C=S) groups is 1. The summed E-state index contributed by atoms with van der Waals surface area (Å²) >= 11 is 5.56. The molecule has 0 unspecified atom stereocenters. The molecule has 3 rings (SSSR count). The Morgan fingerprint density at radius 3 is 2.45 bits per heavy atom. The second kappa shape index (κ2) is 10.0. The molecule has 3 aromatic rings. The molecule has 0 fully saturated rings. The van der Waals surface area contributed by atoms with Gasteiger partial charge in [-0.15, -0.1) is 0 Å². The van der Waals surface area contributed by atoms with Crippen molar-refractivity contribution < 1.29 is 13.9 Å². The highest BCUT2D eigenvalue weighted by atomic mass is 32.1. The van der Waals surface area contributed by atoms with Gasteiger partial charge in [-0.2, -0.15) is 0 Å². The van der Waals surface area contributed by atoms with Gasteiger partial charge in [0.05, 0.1) is 6.61 Å². The Balaban J connectivity index is 1.68. The summed E-state index contributed by atoms with van der Waals surface area (Å²) in [5.74, 6) is 0.994. The Labute approximate surface area is 176 Å². The molecule has 0 aliphatic rings. The summed E-state index contributed by atoms with van der Waals surface area (Å²) in [7, 11) is 0. The lowest BCUT2D eigenvalue weighted by molar-refractivity contribution is 0.269. The third-order valence-corrected chi connectivity index (χ3v) is 4.89. The fourth-order valence-electron chi connectivity index (χ4n) is 2.86. The van der Waals surface area contributed by atoms with Crippen molar-refractivity contribution in [3.63, 3.8) is 0 Å². The lowest BCUT2D eigenvalue weighted by Crippen LogP contribution is -2.22. The molecule has 3 aromatic carbocycles. The van der Waals surface area contributed by atoms with Gasteiger partial charge in [-0.05, 0) is 60.9 Å². The first kappa shape index (κ1) is 20.8. The zero-order chi connectivity index (χ0) is 20.6. The Kier molecular flexibility index (Phi) is 7.19. The van der Waals surface area contributed by atoms with E-state index in [4.69, 9.17) is 21.7 Å². The molecule has 0 heterocycles. The number of rotatable bonds is 8. The Morgan fingerprint density at radius 2 is 1.72 bits per heavy atom. The number of benzene rings is 3. The van der Waals surface area contributed by atoms with E-state index < -0.39 is 0 Å². The van der Waals surface area contributed by atoms with Gasteiger partial charge in [0, 0.05) is 12.1 Å². The van der Waals surface area contributed by atoms with E-state index in [1.165, 1.54) is 23.3 Å². The molecular weight excluding hydrogens is 385 g/mol. The normalized spacial score (nSPS) is 10.4. The van der Waals surface area contributed by atoms with Crippen LogP contribution in [0.15, 0.2) is 66.7 Å². The van der Waals surface area contributed by atoms with Crippen LogP contribution in [-0.2, 0) is 13.2 Å². The van der Waals surface area contributed by atoms with Gasteiger partial charge in [0.2, 0.25) is 0 Å². The standard InChI is InChI=1S/C24H24FNO2S/c1-3-27-23-14-19(24(29)26-15-20-7-5-4-6-17(20)2)10-13-22(23)28-16-18-8-11-21(25)12-9-18/h4-14H,3,15-16H2,1-2H3,(H,26,29). The monoisotopic (exact) mass is 409 g/mol. The Morgan fingerprint density at radius 1 is 0.966 bits per heavy atom. The van der Waals surface area contributed by atoms with Crippen LogP contribution < -0.4 is 14.8 Å². The second-order valence-corrected chi connectivity index (χ2v) is 7.03. The van der Waals surface area contributed by atoms with Crippen LogP contribution in [0.3, 0.4) is 0 Å². The molecule has 0 bridgehead atoms. The molecule has 5 heteroatoms. The van der Waals surface area contributed by atoms with Crippen LogP contribution in [0.1, 0.15) is 29.2 Å². The summed E-state index contributed by atoms with van der Waals surface area (Å²) < 4.78 is 24.7. The van der Waals surface area contributed by atoms with E-state index in [9.17, 15) is 4.39 Å². The van der Waals surface area contributed by atoms with Crippen LogP contribution in [0.5, 0.6) is 11.5 Å². The lowest BCUT2D eigenvalue weighted by atomic mass is 10.1. The molecule has 29 heavy (non-hydrogen) atoms. The third-order valence-electron chi connectivity index (χ3n) is 4.51. The molecule has 150 valence electrons. The minimum atomic E-state index is -0.264. The van der Waals surface area contributed by atoms with Crippen molar-refractivity contribution in [1.29, 1.82) is 0 Å². The van der Waals surface area contributed by atoms with E-state index in [2.05, 4.69) is 24.4 Å². The van der Waals surface area contributed by atoms with Gasteiger partial charge in [0.15, 0.2) is 11.5 Å². The summed E-state index contributed by atoms with van der Waals surface area (Å²) in [5, 5.41) is 3.31. The van der Waals surface area contributed by atoms with Crippen molar-refractivity contribution in [2.75, 3.05) is 6.61 Å². The van der Waals surface area contributed by atoms with Gasteiger partial charge in [-0.1, -0.05) is 48.6 Å². The SMILES string of the molecule is CCOc1cc(C(=S)NCc2ccccc2C)ccc1OCc1ccc(F)cc1. The largest absolute Gasteiger partial charge is 0.490 e. The number of halogens is 1. The van der Waals surface area contributed by atoms with Crippen LogP contribution in [0.2, 0.25) is 0 Å². The molecule has 0 saturated heterocycles. The maximum Gasteiger partial charge on any atom is 0.161 e. The molecule has 0 aliphatic carbocycles. The molecule has 0 aromatic heterocycles. The van der Waals surface area contributed by atoms with Crippen molar-refractivity contribution in [3.8, 4) is 11.5 Å². The minimum Gasteiger partial charge on any atom is -0.490 e. The summed E-state index contributed by atoms with van der Waals surface area (Å²) in [4.78, 5) is 0.652. The van der Waals surface area contributed by atoms with Crippen LogP contribution in [0.25, 0.3) is 0 Å². The first-order valence-corrected chi connectivity index (χ1v) is 9.94. The van der Waals surface area contributed by atoms with Crippen LogP contribution in [-0.4, -0.2) is 11.6 Å². The van der Waals surface area contributed by atoms with E-state index in [-0.39, 0.29) is 5.82 Å². The van der Waals surface area contributed by atoms with E-state index in [1.54, 1.807) is 12.1 Å². The molecule has 0 radical (unpaired) electrons. The third kappa shape index (κ3) is 5.78.